The number of aromatic nitrogens is 2. The van der Waals surface area contributed by atoms with Gasteiger partial charge in [-0.1, -0.05) is 30.3 Å². The van der Waals surface area contributed by atoms with E-state index in [0.29, 0.717) is 36.3 Å². The monoisotopic (exact) mass is 439 g/mol. The summed E-state index contributed by atoms with van der Waals surface area (Å²) in [5.74, 6) is 3.66. The average Bonchev–Trinajstić information content (AvgIpc) is 3.31. The number of rotatable bonds is 8. The lowest BCUT2D eigenvalue weighted by Crippen LogP contribution is -2.46. The largest absolute Gasteiger partial charge is 0.493 e. The third-order valence-corrected chi connectivity index (χ3v) is 7.03. The summed E-state index contributed by atoms with van der Waals surface area (Å²) in [4.78, 5) is 2.43. The first-order valence-corrected chi connectivity index (χ1v) is 11.8. The molecule has 2 unspecified atom stereocenters. The number of quaternary nitrogens is 1. The van der Waals surface area contributed by atoms with Gasteiger partial charge in [0.05, 0.1) is 33.0 Å². The van der Waals surface area contributed by atoms with E-state index in [1.165, 1.54) is 5.56 Å². The molecule has 0 bridgehead atoms. The second-order valence-corrected chi connectivity index (χ2v) is 9.73. The maximum absolute atomic E-state index is 5.88. The highest BCUT2D eigenvalue weighted by atomic mass is 32.2. The van der Waals surface area contributed by atoms with Crippen molar-refractivity contribution in [3.05, 3.63) is 66.1 Å². The molecule has 2 atom stereocenters. The molecule has 31 heavy (non-hydrogen) atoms. The Balaban J connectivity index is 1.31. The molecule has 1 fully saturated rings. The summed E-state index contributed by atoms with van der Waals surface area (Å²) in [6.45, 7) is 4.07. The zero-order valence-electron chi connectivity index (χ0n) is 18.7. The number of hydrogen-bond acceptors (Lipinski definition) is 6. The van der Waals surface area contributed by atoms with Crippen molar-refractivity contribution in [3.63, 3.8) is 0 Å². The zero-order chi connectivity index (χ0) is 21.8. The Hall–Kier alpha value is -2.35. The Bertz CT molecular complexity index is 975. The fourth-order valence-corrected chi connectivity index (χ4v) is 4.87. The topological polar surface area (TPSA) is 51.4 Å². The zero-order valence-corrected chi connectivity index (χ0v) is 19.5. The van der Waals surface area contributed by atoms with Crippen molar-refractivity contribution >= 4 is 11.8 Å². The number of benzene rings is 2. The number of thioether (sulfide) groups is 1. The minimum Gasteiger partial charge on any atom is -0.493 e. The number of hydrogen-bond donors (Lipinski definition) is 0. The van der Waals surface area contributed by atoms with E-state index < -0.39 is 0 Å². The van der Waals surface area contributed by atoms with Crippen LogP contribution in [-0.2, 0) is 5.75 Å². The summed E-state index contributed by atoms with van der Waals surface area (Å²) in [6, 6.07) is 19.0. The van der Waals surface area contributed by atoms with Gasteiger partial charge in [-0.3, -0.25) is 0 Å². The molecule has 164 valence electrons. The van der Waals surface area contributed by atoms with E-state index in [1.54, 1.807) is 11.8 Å². The maximum Gasteiger partial charge on any atom is 0.247 e. The molecule has 4 rings (SSSR count). The van der Waals surface area contributed by atoms with Crippen LogP contribution >= 0.6 is 11.8 Å². The Morgan fingerprint density at radius 1 is 1.10 bits per heavy atom. The number of nitrogens with zero attached hydrogens (tertiary/aromatic N) is 4. The highest BCUT2D eigenvalue weighted by Gasteiger charge is 2.45. The van der Waals surface area contributed by atoms with Crippen molar-refractivity contribution in [3.8, 4) is 17.2 Å². The maximum atomic E-state index is 5.88. The van der Waals surface area contributed by atoms with Gasteiger partial charge in [0.25, 0.3) is 0 Å². The van der Waals surface area contributed by atoms with Crippen molar-refractivity contribution in [1.82, 2.24) is 15.1 Å². The smallest absolute Gasteiger partial charge is 0.247 e. The molecule has 0 saturated carbocycles. The number of para-hydroxylation sites is 1. The lowest BCUT2D eigenvalue weighted by molar-refractivity contribution is -0.934. The minimum atomic E-state index is 0.358. The third kappa shape index (κ3) is 4.95. The van der Waals surface area contributed by atoms with Crippen LogP contribution in [0, 0.1) is 0 Å². The molecular formula is C24H31N4O2S+. The first kappa shape index (κ1) is 21.9. The molecule has 1 saturated heterocycles. The van der Waals surface area contributed by atoms with E-state index in [9.17, 15) is 0 Å². The summed E-state index contributed by atoms with van der Waals surface area (Å²) >= 11 is 1.72. The lowest BCUT2D eigenvalue weighted by atomic mass is 10.1. The molecule has 0 spiro atoms. The van der Waals surface area contributed by atoms with Gasteiger partial charge in [-0.2, -0.15) is 0 Å². The van der Waals surface area contributed by atoms with Gasteiger partial charge in [0.2, 0.25) is 11.8 Å². The van der Waals surface area contributed by atoms with Crippen molar-refractivity contribution < 1.29 is 13.6 Å². The van der Waals surface area contributed by atoms with Gasteiger partial charge in [0.1, 0.15) is 11.8 Å². The normalized spacial score (nSPS) is 20.8. The van der Waals surface area contributed by atoms with E-state index in [1.807, 2.05) is 30.3 Å². The molecular weight excluding hydrogens is 408 g/mol. The quantitative estimate of drug-likeness (QED) is 0.382. The molecule has 0 N–H and O–H groups in total. The summed E-state index contributed by atoms with van der Waals surface area (Å²) in [5.41, 5.74) is 2.27. The van der Waals surface area contributed by atoms with Crippen LogP contribution in [0.15, 0.2) is 59.0 Å². The van der Waals surface area contributed by atoms with Crippen molar-refractivity contribution in [2.45, 2.75) is 24.9 Å². The second kappa shape index (κ2) is 9.42. The molecule has 6 nitrogen and oxygen atoms in total. The summed E-state index contributed by atoms with van der Waals surface area (Å²) < 4.78 is 12.6. The van der Waals surface area contributed by atoms with Crippen molar-refractivity contribution in [2.75, 3.05) is 40.0 Å². The molecule has 0 aliphatic carbocycles. The fourth-order valence-electron chi connectivity index (χ4n) is 4.24. The van der Waals surface area contributed by atoms with Crippen LogP contribution in [0.1, 0.15) is 24.5 Å². The Labute approximate surface area is 188 Å². The predicted molar refractivity (Wildman–Crippen MR) is 125 cm³/mol. The van der Waals surface area contributed by atoms with Gasteiger partial charge >= 0.3 is 0 Å². The van der Waals surface area contributed by atoms with Crippen LogP contribution in [0.4, 0.5) is 0 Å². The predicted octanol–water partition coefficient (Wildman–Crippen LogP) is 4.46. The highest BCUT2D eigenvalue weighted by Crippen LogP contribution is 2.37. The first-order valence-electron chi connectivity index (χ1n) is 10.7. The van der Waals surface area contributed by atoms with E-state index in [-0.39, 0.29) is 0 Å². The standard InChI is InChI=1S/C24H31N4O2S/c1-18-16-27(2)24(28(18,3)4)20-12-10-19(11-13-20)23-26-25-22(30-23)17-31-15-14-29-21-8-6-5-7-9-21/h5-13,18,24H,14-17H2,1-4H3/q+1. The van der Waals surface area contributed by atoms with Crippen LogP contribution in [-0.4, -0.2) is 65.7 Å². The minimum absolute atomic E-state index is 0.358. The number of ether oxygens (including phenoxy) is 1. The molecule has 1 aliphatic rings. The molecule has 1 aromatic heterocycles. The first-order chi connectivity index (χ1) is 14.9. The molecule has 7 heteroatoms. The molecule has 3 aromatic rings. The van der Waals surface area contributed by atoms with E-state index in [2.05, 4.69) is 67.4 Å². The van der Waals surface area contributed by atoms with Crippen LogP contribution in [0.3, 0.4) is 0 Å². The van der Waals surface area contributed by atoms with Crippen molar-refractivity contribution in [1.29, 1.82) is 0 Å². The molecule has 0 radical (unpaired) electrons. The van der Waals surface area contributed by atoms with Gasteiger partial charge in [-0.05, 0) is 38.2 Å². The molecule has 2 aromatic carbocycles. The van der Waals surface area contributed by atoms with E-state index in [0.717, 1.165) is 28.1 Å². The Kier molecular flexibility index (Phi) is 6.65. The second-order valence-electron chi connectivity index (χ2n) is 8.63. The van der Waals surface area contributed by atoms with Crippen LogP contribution in [0.5, 0.6) is 5.75 Å². The third-order valence-electron chi connectivity index (χ3n) is 6.12. The van der Waals surface area contributed by atoms with Gasteiger partial charge in [-0.25, -0.2) is 4.90 Å². The summed E-state index contributed by atoms with van der Waals surface area (Å²) in [6.07, 6.45) is 0.358. The summed E-state index contributed by atoms with van der Waals surface area (Å²) in [7, 11) is 6.81. The van der Waals surface area contributed by atoms with Gasteiger partial charge in [0.15, 0.2) is 6.17 Å². The lowest BCUT2D eigenvalue weighted by Gasteiger charge is -2.36. The van der Waals surface area contributed by atoms with Crippen molar-refractivity contribution in [2.24, 2.45) is 0 Å². The van der Waals surface area contributed by atoms with Crippen LogP contribution in [0.2, 0.25) is 0 Å². The van der Waals surface area contributed by atoms with Crippen LogP contribution in [0.25, 0.3) is 11.5 Å². The molecule has 1 aliphatic heterocycles. The summed E-state index contributed by atoms with van der Waals surface area (Å²) in [5, 5.41) is 8.44. The van der Waals surface area contributed by atoms with Gasteiger partial charge in [-0.15, -0.1) is 22.0 Å². The Morgan fingerprint density at radius 2 is 1.84 bits per heavy atom. The SMILES string of the molecule is CC1CN(C)C(c2ccc(-c3nnc(CSCCOc4ccccc4)o3)cc2)[N+]1(C)C. The fraction of sp³-hybridized carbons (Fsp3) is 0.417. The van der Waals surface area contributed by atoms with E-state index in [4.69, 9.17) is 9.15 Å². The highest BCUT2D eigenvalue weighted by molar-refractivity contribution is 7.98. The van der Waals surface area contributed by atoms with Gasteiger partial charge < -0.3 is 13.6 Å². The van der Waals surface area contributed by atoms with E-state index >= 15 is 0 Å². The molecule has 0 amide bonds. The van der Waals surface area contributed by atoms with Crippen LogP contribution < -0.4 is 4.74 Å². The number of likely N-dealkylation sites (N-methyl/N-ethyl adjacent to an activating group) is 2. The Morgan fingerprint density at radius 3 is 2.52 bits per heavy atom. The average molecular weight is 440 g/mol. The van der Waals surface area contributed by atoms with Gasteiger partial charge in [0, 0.05) is 16.9 Å². The molecule has 2 heterocycles.